The van der Waals surface area contributed by atoms with Crippen LogP contribution in [0.1, 0.15) is 20.3 Å². The fraction of sp³-hybridized carbons (Fsp3) is 1.00. The molecule has 0 aromatic rings. The summed E-state index contributed by atoms with van der Waals surface area (Å²) in [6.45, 7) is 1.87. The van der Waals surface area contributed by atoms with E-state index < -0.39 is 26.3 Å². The normalized spacial score (nSPS) is 13.2. The van der Waals surface area contributed by atoms with Gasteiger partial charge < -0.3 is 14.2 Å². The molecule has 4 nitrogen and oxygen atoms in total. The van der Waals surface area contributed by atoms with E-state index in [1.54, 1.807) is 0 Å². The molecular formula is C7H15F2O4P. The molecule has 7 heteroatoms. The first kappa shape index (κ1) is 14.0. The average molecular weight is 232 g/mol. The molecule has 0 saturated carbocycles. The lowest BCUT2D eigenvalue weighted by Gasteiger charge is -2.24. The van der Waals surface area contributed by atoms with E-state index in [1.807, 2.05) is 0 Å². The number of halogens is 2. The number of aliphatic hydroxyl groups excluding tert-OH is 1. The lowest BCUT2D eigenvalue weighted by Crippen LogP contribution is -2.21. The highest BCUT2D eigenvalue weighted by molar-refractivity contribution is 7.55. The molecule has 86 valence electrons. The summed E-state index contributed by atoms with van der Waals surface area (Å²) < 4.78 is 46.8. The molecule has 0 radical (unpaired) electrons. The molecule has 1 N–H and O–H groups in total. The van der Waals surface area contributed by atoms with Crippen molar-refractivity contribution in [3.63, 3.8) is 0 Å². The van der Waals surface area contributed by atoms with Crippen molar-refractivity contribution in [1.29, 1.82) is 0 Å². The third kappa shape index (κ3) is 3.28. The van der Waals surface area contributed by atoms with E-state index in [0.29, 0.717) is 0 Å². The number of aliphatic hydroxyl groups is 1. The van der Waals surface area contributed by atoms with Gasteiger partial charge in [0.15, 0.2) is 0 Å². The van der Waals surface area contributed by atoms with Crippen LogP contribution in [0.3, 0.4) is 0 Å². The Hall–Kier alpha value is -0.0300. The summed E-state index contributed by atoms with van der Waals surface area (Å²) in [6.07, 6.45) is -0.926. The van der Waals surface area contributed by atoms with Gasteiger partial charge in [-0.25, -0.2) is 0 Å². The first-order valence-electron chi connectivity index (χ1n) is 4.31. The number of hydrogen-bond donors (Lipinski definition) is 1. The predicted molar refractivity (Wildman–Crippen MR) is 47.5 cm³/mol. The Labute approximate surface area is 81.7 Å². The van der Waals surface area contributed by atoms with E-state index in [-0.39, 0.29) is 13.2 Å². The van der Waals surface area contributed by atoms with Gasteiger partial charge in [0.1, 0.15) is 0 Å². The van der Waals surface area contributed by atoms with Gasteiger partial charge in [0, 0.05) is 13.0 Å². The van der Waals surface area contributed by atoms with Gasteiger partial charge in [0.25, 0.3) is 0 Å². The molecule has 0 aliphatic carbocycles. The van der Waals surface area contributed by atoms with Crippen LogP contribution >= 0.6 is 7.60 Å². The van der Waals surface area contributed by atoms with Gasteiger partial charge >= 0.3 is 13.3 Å². The fourth-order valence-electron chi connectivity index (χ4n) is 0.838. The second-order valence-corrected chi connectivity index (χ2v) is 4.64. The Morgan fingerprint density at radius 2 is 1.71 bits per heavy atom. The molecule has 0 atom stereocenters. The minimum atomic E-state index is -4.43. The van der Waals surface area contributed by atoms with Gasteiger partial charge in [-0.15, -0.1) is 0 Å². The summed E-state index contributed by atoms with van der Waals surface area (Å²) in [5.74, 6) is 0. The zero-order chi connectivity index (χ0) is 11.2. The van der Waals surface area contributed by atoms with Crippen molar-refractivity contribution in [3.8, 4) is 0 Å². The maximum absolute atomic E-state index is 13.2. The van der Waals surface area contributed by atoms with Crippen LogP contribution in [0.15, 0.2) is 0 Å². The third-order valence-corrected chi connectivity index (χ3v) is 3.63. The van der Waals surface area contributed by atoms with Crippen molar-refractivity contribution in [2.45, 2.75) is 25.9 Å². The molecule has 0 unspecified atom stereocenters. The van der Waals surface area contributed by atoms with Crippen LogP contribution < -0.4 is 0 Å². The molecule has 0 heterocycles. The molecule has 0 aromatic carbocycles. The summed E-state index contributed by atoms with van der Waals surface area (Å²) in [7, 11) is -4.43. The van der Waals surface area contributed by atoms with Crippen molar-refractivity contribution in [2.75, 3.05) is 19.8 Å². The van der Waals surface area contributed by atoms with Gasteiger partial charge in [-0.05, 0) is 13.8 Å². The van der Waals surface area contributed by atoms with E-state index in [4.69, 9.17) is 5.11 Å². The van der Waals surface area contributed by atoms with Crippen molar-refractivity contribution < 1.29 is 27.5 Å². The van der Waals surface area contributed by atoms with Crippen molar-refractivity contribution in [1.82, 2.24) is 0 Å². The van der Waals surface area contributed by atoms with Gasteiger partial charge in [0.2, 0.25) is 0 Å². The summed E-state index contributed by atoms with van der Waals surface area (Å²) >= 11 is 0. The molecule has 0 aliphatic rings. The molecule has 0 aliphatic heterocycles. The van der Waals surface area contributed by atoms with Crippen LogP contribution in [-0.4, -0.2) is 30.6 Å². The van der Waals surface area contributed by atoms with Gasteiger partial charge in [-0.1, -0.05) is 0 Å². The molecule has 0 bridgehead atoms. The Balaban J connectivity index is 4.69. The van der Waals surface area contributed by atoms with Crippen LogP contribution in [-0.2, 0) is 13.6 Å². The van der Waals surface area contributed by atoms with Crippen molar-refractivity contribution in [3.05, 3.63) is 0 Å². The quantitative estimate of drug-likeness (QED) is 0.684. The van der Waals surface area contributed by atoms with Crippen molar-refractivity contribution >= 4 is 7.60 Å². The highest BCUT2D eigenvalue weighted by atomic mass is 31.2. The summed E-state index contributed by atoms with van der Waals surface area (Å²) in [5.41, 5.74) is -3.63. The van der Waals surface area contributed by atoms with E-state index in [0.717, 1.165) is 0 Å². The largest absolute Gasteiger partial charge is 0.399 e. The minimum Gasteiger partial charge on any atom is -0.396 e. The topological polar surface area (TPSA) is 55.8 Å². The Morgan fingerprint density at radius 3 is 2.00 bits per heavy atom. The highest BCUT2D eigenvalue weighted by Gasteiger charge is 2.52. The maximum Gasteiger partial charge on any atom is 0.399 e. The second-order valence-electron chi connectivity index (χ2n) is 2.47. The van der Waals surface area contributed by atoms with E-state index in [1.165, 1.54) is 13.8 Å². The van der Waals surface area contributed by atoms with Crippen LogP contribution in [0, 0.1) is 0 Å². The average Bonchev–Trinajstić information content (AvgIpc) is 2.04. The van der Waals surface area contributed by atoms with Gasteiger partial charge in [-0.2, -0.15) is 8.78 Å². The monoisotopic (exact) mass is 232 g/mol. The van der Waals surface area contributed by atoms with E-state index in [2.05, 4.69) is 9.05 Å². The summed E-state index contributed by atoms with van der Waals surface area (Å²) in [6, 6.07) is 0. The third-order valence-electron chi connectivity index (χ3n) is 1.41. The highest BCUT2D eigenvalue weighted by Crippen LogP contribution is 2.63. The second kappa shape index (κ2) is 5.75. The van der Waals surface area contributed by atoms with E-state index in [9.17, 15) is 13.3 Å². The Bertz CT molecular complexity index is 200. The predicted octanol–water partition coefficient (Wildman–Crippen LogP) is 2.23. The van der Waals surface area contributed by atoms with Crippen LogP contribution in [0.5, 0.6) is 0 Å². The molecule has 0 amide bonds. The molecule has 0 saturated heterocycles. The fourth-order valence-corrected chi connectivity index (χ4v) is 2.34. The number of rotatable bonds is 7. The first-order valence-corrected chi connectivity index (χ1v) is 5.85. The Morgan fingerprint density at radius 1 is 1.29 bits per heavy atom. The molecule has 0 fully saturated rings. The summed E-state index contributed by atoms with van der Waals surface area (Å²) in [4.78, 5) is 0. The summed E-state index contributed by atoms with van der Waals surface area (Å²) in [5, 5.41) is 8.39. The maximum atomic E-state index is 13.2. The molecule has 0 spiro atoms. The standard InChI is InChI=1S/C7H15F2O4P/c1-3-12-14(11,13-4-2)7(8,9)5-6-10/h10H,3-6H2,1-2H3. The molecule has 0 rings (SSSR count). The minimum absolute atomic E-state index is 0.127. The van der Waals surface area contributed by atoms with Crippen LogP contribution in [0.25, 0.3) is 0 Å². The first-order chi connectivity index (χ1) is 6.43. The van der Waals surface area contributed by atoms with Gasteiger partial charge in [0.05, 0.1) is 13.2 Å². The lowest BCUT2D eigenvalue weighted by atomic mass is 10.5. The van der Waals surface area contributed by atoms with Gasteiger partial charge in [-0.3, -0.25) is 4.57 Å². The number of hydrogen-bond acceptors (Lipinski definition) is 4. The van der Waals surface area contributed by atoms with Crippen LogP contribution in [0.2, 0.25) is 0 Å². The molecular weight excluding hydrogens is 217 g/mol. The molecule has 0 aromatic heterocycles. The smallest absolute Gasteiger partial charge is 0.396 e. The zero-order valence-corrected chi connectivity index (χ0v) is 9.10. The SMILES string of the molecule is CCOP(=O)(OCC)C(F)(F)CCO. The number of alkyl halides is 2. The lowest BCUT2D eigenvalue weighted by molar-refractivity contribution is 0.0180. The van der Waals surface area contributed by atoms with E-state index >= 15 is 0 Å². The molecule has 14 heavy (non-hydrogen) atoms. The van der Waals surface area contributed by atoms with Crippen LogP contribution in [0.4, 0.5) is 8.78 Å². The zero-order valence-electron chi connectivity index (χ0n) is 8.20. The van der Waals surface area contributed by atoms with Crippen molar-refractivity contribution in [2.24, 2.45) is 0 Å². The Kier molecular flexibility index (Phi) is 5.74.